The summed E-state index contributed by atoms with van der Waals surface area (Å²) in [5, 5.41) is 0. The lowest BCUT2D eigenvalue weighted by molar-refractivity contribution is 0.0700. The van der Waals surface area contributed by atoms with E-state index in [0.29, 0.717) is 31.3 Å². The molecule has 0 bridgehead atoms. The number of carbonyl (C=O) groups is 1. The summed E-state index contributed by atoms with van der Waals surface area (Å²) in [7, 11) is 1.64. The molecule has 0 saturated heterocycles. The maximum Gasteiger partial charge on any atom is 0.272 e. The molecule has 1 rings (SSSR count). The second kappa shape index (κ2) is 13.8. The van der Waals surface area contributed by atoms with E-state index in [1.807, 2.05) is 52.9 Å². The number of aromatic nitrogens is 1. The number of likely N-dealkylation sites (N-methyl/N-ethyl adjacent to an activating group) is 1. The molecule has 1 aromatic rings. The summed E-state index contributed by atoms with van der Waals surface area (Å²) in [6, 6.07) is 3.85. The fourth-order valence-corrected chi connectivity index (χ4v) is 2.00. The third kappa shape index (κ3) is 8.00. The number of ether oxygens (including phenoxy) is 1. The molecule has 0 spiro atoms. The van der Waals surface area contributed by atoms with Crippen LogP contribution in [0.5, 0.6) is 0 Å². The van der Waals surface area contributed by atoms with E-state index in [4.69, 9.17) is 4.74 Å². The van der Waals surface area contributed by atoms with E-state index >= 15 is 0 Å². The van der Waals surface area contributed by atoms with Crippen molar-refractivity contribution in [2.75, 3.05) is 26.8 Å². The van der Waals surface area contributed by atoms with Gasteiger partial charge in [0.25, 0.3) is 5.91 Å². The van der Waals surface area contributed by atoms with E-state index in [1.165, 1.54) is 0 Å². The Labute approximate surface area is 156 Å². The molecule has 1 amide bonds. The van der Waals surface area contributed by atoms with Crippen LogP contribution >= 0.6 is 0 Å². The van der Waals surface area contributed by atoms with Crippen molar-refractivity contribution in [2.45, 2.75) is 67.7 Å². The molecule has 0 fully saturated rings. The van der Waals surface area contributed by atoms with Crippen LogP contribution in [0.2, 0.25) is 0 Å². The Morgan fingerprint density at radius 3 is 2.12 bits per heavy atom. The first-order valence-corrected chi connectivity index (χ1v) is 9.59. The van der Waals surface area contributed by atoms with Gasteiger partial charge in [-0.15, -0.1) is 0 Å². The van der Waals surface area contributed by atoms with Gasteiger partial charge in [0, 0.05) is 26.4 Å². The van der Waals surface area contributed by atoms with Crippen LogP contribution < -0.4 is 0 Å². The Kier molecular flexibility index (Phi) is 14.3. The fourth-order valence-electron chi connectivity index (χ4n) is 2.00. The highest BCUT2D eigenvalue weighted by atomic mass is 16.5. The topological polar surface area (TPSA) is 42.4 Å². The summed E-state index contributed by atoms with van der Waals surface area (Å²) in [5.74, 6) is 0.471. The van der Waals surface area contributed by atoms with Gasteiger partial charge in [-0.25, -0.2) is 0 Å². The Morgan fingerprint density at radius 1 is 1.20 bits per heavy atom. The van der Waals surface area contributed by atoms with Crippen molar-refractivity contribution in [3.05, 3.63) is 29.6 Å². The predicted octanol–water partition coefficient (Wildman–Crippen LogP) is 5.18. The minimum Gasteiger partial charge on any atom is -0.383 e. The zero-order chi connectivity index (χ0) is 20.0. The van der Waals surface area contributed by atoms with Crippen LogP contribution in [0.4, 0.5) is 0 Å². The first kappa shape index (κ1) is 25.8. The van der Waals surface area contributed by atoms with E-state index in [1.54, 1.807) is 12.0 Å². The van der Waals surface area contributed by atoms with Crippen LogP contribution in [-0.4, -0.2) is 42.6 Å². The number of pyridine rings is 1. The number of hydrogen-bond acceptors (Lipinski definition) is 3. The minimum absolute atomic E-state index is 0.0385. The summed E-state index contributed by atoms with van der Waals surface area (Å²) < 4.78 is 5.04. The molecule has 0 aliphatic carbocycles. The number of nitrogens with zero attached hydrogens (tertiary/aromatic N) is 2. The van der Waals surface area contributed by atoms with Gasteiger partial charge in [0.2, 0.25) is 0 Å². The number of hydrogen-bond donors (Lipinski definition) is 0. The van der Waals surface area contributed by atoms with Gasteiger partial charge in [-0.2, -0.15) is 0 Å². The second-order valence-corrected chi connectivity index (χ2v) is 6.19. The lowest BCUT2D eigenvalue weighted by atomic mass is 9.76. The molecular formula is C21H40N2O2. The summed E-state index contributed by atoms with van der Waals surface area (Å²) in [6.45, 7) is 20.5. The lowest BCUT2D eigenvalue weighted by Crippen LogP contribution is -2.34. The Bertz CT molecular complexity index is 453. The van der Waals surface area contributed by atoms with E-state index in [9.17, 15) is 4.79 Å². The first-order valence-electron chi connectivity index (χ1n) is 9.59. The number of methoxy groups -OCH3 is 1. The van der Waals surface area contributed by atoms with Crippen molar-refractivity contribution in [1.29, 1.82) is 0 Å². The number of carbonyl (C=O) groups excluding carboxylic acids is 1. The van der Waals surface area contributed by atoms with Gasteiger partial charge >= 0.3 is 0 Å². The van der Waals surface area contributed by atoms with Gasteiger partial charge < -0.3 is 9.64 Å². The normalized spacial score (nSPS) is 10.4. The number of amides is 1. The zero-order valence-corrected chi connectivity index (χ0v) is 18.1. The van der Waals surface area contributed by atoms with Crippen molar-refractivity contribution in [3.63, 3.8) is 0 Å². The molecule has 146 valence electrons. The van der Waals surface area contributed by atoms with Gasteiger partial charge in [-0.1, -0.05) is 61.5 Å². The molecule has 0 aliphatic rings. The van der Waals surface area contributed by atoms with Crippen molar-refractivity contribution in [3.8, 4) is 0 Å². The smallest absolute Gasteiger partial charge is 0.272 e. The lowest BCUT2D eigenvalue weighted by Gasteiger charge is -2.29. The average molecular weight is 353 g/mol. The Morgan fingerprint density at radius 2 is 1.76 bits per heavy atom. The molecule has 0 atom stereocenters. The molecule has 0 unspecified atom stereocenters. The minimum atomic E-state index is -0.0385. The quantitative estimate of drug-likeness (QED) is 0.679. The summed E-state index contributed by atoms with van der Waals surface area (Å²) in [5.41, 5.74) is 1.71. The predicted molar refractivity (Wildman–Crippen MR) is 108 cm³/mol. The van der Waals surface area contributed by atoms with Crippen LogP contribution in [-0.2, 0) is 10.2 Å². The molecule has 4 heteroatoms. The van der Waals surface area contributed by atoms with Crippen LogP contribution in [0.3, 0.4) is 0 Å². The average Bonchev–Trinajstić information content (AvgIpc) is 2.65. The van der Waals surface area contributed by atoms with Crippen LogP contribution in [0.1, 0.15) is 78.4 Å². The molecule has 25 heavy (non-hydrogen) atoms. The van der Waals surface area contributed by atoms with Gasteiger partial charge in [-0.3, -0.25) is 9.78 Å². The third-order valence-electron chi connectivity index (χ3n) is 4.40. The highest BCUT2D eigenvalue weighted by Crippen LogP contribution is 2.30. The maximum atomic E-state index is 12.4. The molecule has 4 nitrogen and oxygen atoms in total. The standard InChI is InChI=1S/C17H28N2O2.2C2H6/c1-7-19(10-11-21-6)16(20)15-9-8-14(12-18-15)17(4,5)13(2)3;2*1-2/h8-9,12-13H,7,10-11H2,1-6H3;2*1-2H3. The van der Waals surface area contributed by atoms with E-state index in [0.717, 1.165) is 5.56 Å². The van der Waals surface area contributed by atoms with E-state index in [2.05, 4.69) is 32.7 Å². The molecule has 0 aliphatic heterocycles. The first-order chi connectivity index (χ1) is 11.8. The van der Waals surface area contributed by atoms with Crippen molar-refractivity contribution in [1.82, 2.24) is 9.88 Å². The van der Waals surface area contributed by atoms with Crippen LogP contribution in [0, 0.1) is 5.92 Å². The van der Waals surface area contributed by atoms with Gasteiger partial charge in [-0.05, 0) is 29.9 Å². The Balaban J connectivity index is 0. The molecule has 0 radical (unpaired) electrons. The molecule has 0 N–H and O–H groups in total. The third-order valence-corrected chi connectivity index (χ3v) is 4.40. The second-order valence-electron chi connectivity index (χ2n) is 6.19. The number of rotatable bonds is 7. The highest BCUT2D eigenvalue weighted by Gasteiger charge is 2.25. The SMILES string of the molecule is CC.CC.CCN(CCOC)C(=O)c1ccc(C(C)(C)C(C)C)cn1. The molecule has 0 aromatic carbocycles. The highest BCUT2D eigenvalue weighted by molar-refractivity contribution is 5.92. The van der Waals surface area contributed by atoms with Gasteiger partial charge in [0.1, 0.15) is 5.69 Å². The largest absolute Gasteiger partial charge is 0.383 e. The van der Waals surface area contributed by atoms with Crippen molar-refractivity contribution < 1.29 is 9.53 Å². The monoisotopic (exact) mass is 352 g/mol. The summed E-state index contributed by atoms with van der Waals surface area (Å²) in [4.78, 5) is 18.5. The fraction of sp³-hybridized carbons (Fsp3) is 0.714. The Hall–Kier alpha value is -1.42. The molecule has 1 aromatic heterocycles. The maximum absolute atomic E-state index is 12.4. The van der Waals surface area contributed by atoms with Crippen molar-refractivity contribution >= 4 is 5.91 Å². The molecule has 1 heterocycles. The van der Waals surface area contributed by atoms with Crippen LogP contribution in [0.25, 0.3) is 0 Å². The molecular weight excluding hydrogens is 312 g/mol. The van der Waals surface area contributed by atoms with Crippen LogP contribution in [0.15, 0.2) is 18.3 Å². The van der Waals surface area contributed by atoms with E-state index < -0.39 is 0 Å². The molecule has 0 saturated carbocycles. The van der Waals surface area contributed by atoms with Gasteiger partial charge in [0.05, 0.1) is 6.61 Å². The summed E-state index contributed by atoms with van der Waals surface area (Å²) in [6.07, 6.45) is 1.83. The van der Waals surface area contributed by atoms with E-state index in [-0.39, 0.29) is 11.3 Å². The summed E-state index contributed by atoms with van der Waals surface area (Å²) >= 11 is 0. The van der Waals surface area contributed by atoms with Crippen molar-refractivity contribution in [2.24, 2.45) is 5.92 Å². The zero-order valence-electron chi connectivity index (χ0n) is 18.1. The van der Waals surface area contributed by atoms with Gasteiger partial charge in [0.15, 0.2) is 0 Å².